The van der Waals surface area contributed by atoms with E-state index in [1.807, 2.05) is 24.3 Å². The molecular weight excluding hydrogens is 508 g/mol. The maximum absolute atomic E-state index is 13.1. The summed E-state index contributed by atoms with van der Waals surface area (Å²) in [6, 6.07) is 18.5. The van der Waals surface area contributed by atoms with Crippen molar-refractivity contribution < 1.29 is 22.7 Å². The highest BCUT2D eigenvalue weighted by Gasteiger charge is 2.23. The van der Waals surface area contributed by atoms with Gasteiger partial charge < -0.3 is 14.8 Å². The molecule has 0 bridgehead atoms. The highest BCUT2D eigenvalue weighted by molar-refractivity contribution is 7.98. The third-order valence-electron chi connectivity index (χ3n) is 5.25. The Balaban J connectivity index is 1.57. The number of methoxy groups -OCH3 is 2. The van der Waals surface area contributed by atoms with Crippen LogP contribution in [0.4, 0.5) is 5.69 Å². The van der Waals surface area contributed by atoms with Crippen LogP contribution in [-0.4, -0.2) is 47.9 Å². The van der Waals surface area contributed by atoms with Gasteiger partial charge in [-0.2, -0.15) is 11.8 Å². The van der Waals surface area contributed by atoms with Crippen molar-refractivity contribution in [2.75, 3.05) is 37.9 Å². The number of hydrogen-bond donors (Lipinski definition) is 1. The van der Waals surface area contributed by atoms with E-state index >= 15 is 0 Å². The number of thioether (sulfide) groups is 1. The molecule has 0 heterocycles. The normalized spacial score (nSPS) is 11.1. The summed E-state index contributed by atoms with van der Waals surface area (Å²) in [4.78, 5) is 12.5. The van der Waals surface area contributed by atoms with Gasteiger partial charge in [-0.15, -0.1) is 0 Å². The number of carbonyl (C=O) groups excluding carboxylic acids is 1. The number of rotatable bonds is 11. The SMILES string of the molecule is COc1ccc(S(=O)(=O)N(C)c2ccc(C(=O)NCCSCc3ccccc3Cl)cc2)cc1OC. The monoisotopic (exact) mass is 534 g/mol. The van der Waals surface area contributed by atoms with Crippen molar-refractivity contribution >= 4 is 45.0 Å². The van der Waals surface area contributed by atoms with Crippen molar-refractivity contribution in [3.8, 4) is 11.5 Å². The van der Waals surface area contributed by atoms with Gasteiger partial charge in [0, 0.05) is 41.8 Å². The van der Waals surface area contributed by atoms with Gasteiger partial charge in [0.1, 0.15) is 0 Å². The molecule has 0 aliphatic heterocycles. The van der Waals surface area contributed by atoms with Gasteiger partial charge in [-0.05, 0) is 48.0 Å². The number of anilines is 1. The molecule has 186 valence electrons. The van der Waals surface area contributed by atoms with E-state index in [0.29, 0.717) is 29.3 Å². The molecule has 0 saturated heterocycles. The Morgan fingerprint density at radius 1 is 1.00 bits per heavy atom. The maximum atomic E-state index is 13.1. The van der Waals surface area contributed by atoms with E-state index in [2.05, 4.69) is 5.32 Å². The van der Waals surface area contributed by atoms with Gasteiger partial charge >= 0.3 is 0 Å². The van der Waals surface area contributed by atoms with E-state index in [1.54, 1.807) is 42.1 Å². The molecule has 7 nitrogen and oxygen atoms in total. The minimum absolute atomic E-state index is 0.0637. The predicted octanol–water partition coefficient (Wildman–Crippen LogP) is 4.85. The molecule has 1 amide bonds. The second-order valence-corrected chi connectivity index (χ2v) is 10.9. The Bertz CT molecular complexity index is 1270. The highest BCUT2D eigenvalue weighted by atomic mass is 35.5. The maximum Gasteiger partial charge on any atom is 0.264 e. The first kappa shape index (κ1) is 26.7. The Morgan fingerprint density at radius 3 is 2.34 bits per heavy atom. The number of amides is 1. The first-order valence-electron chi connectivity index (χ1n) is 10.7. The quantitative estimate of drug-likeness (QED) is 0.354. The zero-order valence-electron chi connectivity index (χ0n) is 19.7. The van der Waals surface area contributed by atoms with Crippen LogP contribution in [0.3, 0.4) is 0 Å². The van der Waals surface area contributed by atoms with Crippen molar-refractivity contribution in [2.45, 2.75) is 10.6 Å². The summed E-state index contributed by atoms with van der Waals surface area (Å²) in [5.41, 5.74) is 1.93. The molecule has 0 aliphatic rings. The second kappa shape index (κ2) is 12.2. The van der Waals surface area contributed by atoms with Gasteiger partial charge in [0.15, 0.2) is 11.5 Å². The minimum Gasteiger partial charge on any atom is -0.493 e. The third kappa shape index (κ3) is 6.62. The van der Waals surface area contributed by atoms with Crippen LogP contribution >= 0.6 is 23.4 Å². The van der Waals surface area contributed by atoms with E-state index in [9.17, 15) is 13.2 Å². The van der Waals surface area contributed by atoms with Crippen LogP contribution in [-0.2, 0) is 15.8 Å². The lowest BCUT2D eigenvalue weighted by Gasteiger charge is -2.20. The van der Waals surface area contributed by atoms with E-state index in [0.717, 1.165) is 26.4 Å². The number of nitrogens with one attached hydrogen (secondary N) is 1. The first-order valence-corrected chi connectivity index (χ1v) is 13.7. The lowest BCUT2D eigenvalue weighted by Crippen LogP contribution is -2.27. The third-order valence-corrected chi connectivity index (χ3v) is 8.41. The van der Waals surface area contributed by atoms with Crippen LogP contribution in [0.2, 0.25) is 5.02 Å². The Hall–Kier alpha value is -2.88. The Morgan fingerprint density at radius 2 is 1.69 bits per heavy atom. The average Bonchev–Trinajstić information content (AvgIpc) is 2.88. The van der Waals surface area contributed by atoms with E-state index in [-0.39, 0.29) is 10.8 Å². The topological polar surface area (TPSA) is 84.9 Å². The van der Waals surface area contributed by atoms with Crippen molar-refractivity contribution in [3.05, 3.63) is 82.9 Å². The van der Waals surface area contributed by atoms with Gasteiger partial charge in [0.2, 0.25) is 0 Å². The van der Waals surface area contributed by atoms with Gasteiger partial charge in [0.05, 0.1) is 24.8 Å². The molecule has 0 aromatic heterocycles. The molecule has 3 aromatic rings. The summed E-state index contributed by atoms with van der Waals surface area (Å²) in [6.45, 7) is 0.503. The van der Waals surface area contributed by atoms with Gasteiger partial charge in [-0.1, -0.05) is 29.8 Å². The molecule has 0 aliphatic carbocycles. The highest BCUT2D eigenvalue weighted by Crippen LogP contribution is 2.31. The van der Waals surface area contributed by atoms with Crippen LogP contribution < -0.4 is 19.1 Å². The van der Waals surface area contributed by atoms with Crippen LogP contribution in [0.15, 0.2) is 71.6 Å². The van der Waals surface area contributed by atoms with Crippen molar-refractivity contribution in [3.63, 3.8) is 0 Å². The number of carbonyl (C=O) groups is 1. The van der Waals surface area contributed by atoms with Crippen molar-refractivity contribution in [2.24, 2.45) is 0 Å². The summed E-state index contributed by atoms with van der Waals surface area (Å²) >= 11 is 7.84. The largest absolute Gasteiger partial charge is 0.493 e. The molecule has 3 rings (SSSR count). The lowest BCUT2D eigenvalue weighted by atomic mass is 10.2. The number of benzene rings is 3. The number of sulfonamides is 1. The molecule has 0 spiro atoms. The van der Waals surface area contributed by atoms with Crippen LogP contribution in [0, 0.1) is 0 Å². The molecule has 0 unspecified atom stereocenters. The molecular formula is C25H27ClN2O5S2. The number of hydrogen-bond acceptors (Lipinski definition) is 6. The van der Waals surface area contributed by atoms with Crippen LogP contribution in [0.25, 0.3) is 0 Å². The molecule has 10 heteroatoms. The first-order chi connectivity index (χ1) is 16.8. The van der Waals surface area contributed by atoms with Crippen molar-refractivity contribution in [1.29, 1.82) is 0 Å². The van der Waals surface area contributed by atoms with E-state index in [4.69, 9.17) is 21.1 Å². The smallest absolute Gasteiger partial charge is 0.264 e. The molecule has 0 fully saturated rings. The predicted molar refractivity (Wildman–Crippen MR) is 142 cm³/mol. The molecule has 0 saturated carbocycles. The van der Waals surface area contributed by atoms with E-state index in [1.165, 1.54) is 33.4 Å². The number of ether oxygens (including phenoxy) is 2. The van der Waals surface area contributed by atoms with Crippen LogP contribution in [0.5, 0.6) is 11.5 Å². The Kier molecular flexibility index (Phi) is 9.31. The van der Waals surface area contributed by atoms with E-state index < -0.39 is 10.0 Å². The molecule has 3 aromatic carbocycles. The molecule has 1 N–H and O–H groups in total. The zero-order chi connectivity index (χ0) is 25.4. The standard InChI is InChI=1S/C25H27ClN2O5S2/c1-28(35(30,31)21-12-13-23(32-2)24(16-21)33-3)20-10-8-18(9-11-20)25(29)27-14-15-34-17-19-6-4-5-7-22(19)26/h4-13,16H,14-15,17H2,1-3H3,(H,27,29). The molecule has 0 radical (unpaired) electrons. The molecule has 35 heavy (non-hydrogen) atoms. The second-order valence-electron chi connectivity index (χ2n) is 7.44. The summed E-state index contributed by atoms with van der Waals surface area (Å²) in [5, 5.41) is 3.62. The van der Waals surface area contributed by atoms with Gasteiger partial charge in [-0.25, -0.2) is 8.42 Å². The minimum atomic E-state index is -3.84. The van der Waals surface area contributed by atoms with Crippen molar-refractivity contribution in [1.82, 2.24) is 5.32 Å². The summed E-state index contributed by atoms with van der Waals surface area (Å²) in [5.74, 6) is 2.04. The number of nitrogens with zero attached hydrogens (tertiary/aromatic N) is 1. The fourth-order valence-corrected chi connectivity index (χ4v) is 5.59. The van der Waals surface area contributed by atoms with Gasteiger partial charge in [-0.3, -0.25) is 9.10 Å². The zero-order valence-corrected chi connectivity index (χ0v) is 22.0. The fourth-order valence-electron chi connectivity index (χ4n) is 3.23. The van der Waals surface area contributed by atoms with Gasteiger partial charge in [0.25, 0.3) is 15.9 Å². The fraction of sp³-hybridized carbons (Fsp3) is 0.240. The average molecular weight is 535 g/mol. The molecule has 0 atom stereocenters. The summed E-state index contributed by atoms with van der Waals surface area (Å²) in [6.07, 6.45) is 0. The lowest BCUT2D eigenvalue weighted by molar-refractivity contribution is 0.0956. The summed E-state index contributed by atoms with van der Waals surface area (Å²) in [7, 11) is 0.537. The number of halogens is 1. The Labute approximate surface area is 215 Å². The summed E-state index contributed by atoms with van der Waals surface area (Å²) < 4.78 is 37.7. The van der Waals surface area contributed by atoms with Crippen LogP contribution in [0.1, 0.15) is 15.9 Å².